The molecule has 0 bridgehead atoms. The van der Waals surface area contributed by atoms with E-state index in [9.17, 15) is 0 Å². The molecule has 0 fully saturated rings. The summed E-state index contributed by atoms with van der Waals surface area (Å²) < 4.78 is 1.15. The third-order valence-electron chi connectivity index (χ3n) is 3.68. The van der Waals surface area contributed by atoms with E-state index in [2.05, 4.69) is 99.4 Å². The lowest BCUT2D eigenvalue weighted by Crippen LogP contribution is -1.97. The number of alkyl halides is 1. The largest absolute Gasteiger partial charge is 0.0786 e. The Bertz CT molecular complexity index is 757. The van der Waals surface area contributed by atoms with Crippen LogP contribution in [0.5, 0.6) is 0 Å². The molecule has 0 aliphatic heterocycles. The van der Waals surface area contributed by atoms with Crippen LogP contribution in [-0.4, -0.2) is 0 Å². The molecule has 0 radical (unpaired) electrons. The molecule has 0 aliphatic rings. The molecule has 3 aromatic carbocycles. The van der Waals surface area contributed by atoms with E-state index in [1.165, 1.54) is 27.5 Å². The maximum absolute atomic E-state index is 3.88. The van der Waals surface area contributed by atoms with Crippen molar-refractivity contribution in [1.82, 2.24) is 0 Å². The molecule has 0 heterocycles. The predicted molar refractivity (Wildman–Crippen MR) is 93.6 cm³/mol. The quantitative estimate of drug-likeness (QED) is 0.445. The van der Waals surface area contributed by atoms with Gasteiger partial charge in [0.15, 0.2) is 0 Å². The van der Waals surface area contributed by atoms with E-state index in [0.29, 0.717) is 0 Å². The molecule has 20 heavy (non-hydrogen) atoms. The molecule has 0 saturated heterocycles. The van der Waals surface area contributed by atoms with Gasteiger partial charge in [-0.3, -0.25) is 0 Å². The Kier molecular flexibility index (Phi) is 3.95. The molecule has 0 saturated carbocycles. The SMILES string of the molecule is Cc1c(Br)cccc1C(Br)c1cccc2ccccc12. The third-order valence-corrected chi connectivity index (χ3v) is 5.52. The normalized spacial score (nSPS) is 12.6. The number of fused-ring (bicyclic) bond motifs is 1. The van der Waals surface area contributed by atoms with Crippen LogP contribution >= 0.6 is 31.9 Å². The summed E-state index contributed by atoms with van der Waals surface area (Å²) in [6.45, 7) is 2.15. The number of hydrogen-bond acceptors (Lipinski definition) is 0. The first-order valence-corrected chi connectivity index (χ1v) is 8.26. The number of halogens is 2. The molecule has 1 unspecified atom stereocenters. The highest BCUT2D eigenvalue weighted by Crippen LogP contribution is 2.38. The first-order valence-electron chi connectivity index (χ1n) is 6.55. The Morgan fingerprint density at radius 3 is 2.30 bits per heavy atom. The minimum atomic E-state index is 0.200. The molecule has 100 valence electrons. The summed E-state index contributed by atoms with van der Waals surface area (Å²) in [6.07, 6.45) is 0. The van der Waals surface area contributed by atoms with Gasteiger partial charge in [0.2, 0.25) is 0 Å². The van der Waals surface area contributed by atoms with Crippen LogP contribution < -0.4 is 0 Å². The van der Waals surface area contributed by atoms with Crippen molar-refractivity contribution in [2.45, 2.75) is 11.8 Å². The topological polar surface area (TPSA) is 0 Å². The van der Waals surface area contributed by atoms with E-state index in [1.54, 1.807) is 0 Å². The van der Waals surface area contributed by atoms with Gasteiger partial charge in [0, 0.05) is 4.47 Å². The minimum Gasteiger partial charge on any atom is -0.0786 e. The number of rotatable bonds is 2. The third kappa shape index (κ3) is 2.43. The van der Waals surface area contributed by atoms with Gasteiger partial charge < -0.3 is 0 Å². The molecular weight excluding hydrogens is 376 g/mol. The van der Waals surface area contributed by atoms with Crippen LogP contribution in [0.2, 0.25) is 0 Å². The van der Waals surface area contributed by atoms with E-state index in [4.69, 9.17) is 0 Å². The summed E-state index contributed by atoms with van der Waals surface area (Å²) in [5.41, 5.74) is 3.89. The second-order valence-electron chi connectivity index (χ2n) is 4.88. The smallest absolute Gasteiger partial charge is 0.0653 e. The van der Waals surface area contributed by atoms with Crippen molar-refractivity contribution in [3.8, 4) is 0 Å². The summed E-state index contributed by atoms with van der Waals surface area (Å²) in [5.74, 6) is 0. The molecule has 1 atom stereocenters. The second-order valence-corrected chi connectivity index (χ2v) is 6.66. The highest BCUT2D eigenvalue weighted by molar-refractivity contribution is 9.10. The van der Waals surface area contributed by atoms with Crippen molar-refractivity contribution in [3.05, 3.63) is 81.8 Å². The maximum atomic E-state index is 3.88. The second kappa shape index (κ2) is 5.71. The van der Waals surface area contributed by atoms with Gasteiger partial charge in [-0.25, -0.2) is 0 Å². The highest BCUT2D eigenvalue weighted by Gasteiger charge is 2.16. The zero-order valence-corrected chi connectivity index (χ0v) is 14.3. The summed E-state index contributed by atoms with van der Waals surface area (Å²) in [5, 5.41) is 2.58. The molecule has 3 rings (SSSR count). The van der Waals surface area contributed by atoms with Crippen LogP contribution in [0.25, 0.3) is 10.8 Å². The lowest BCUT2D eigenvalue weighted by Gasteiger charge is -2.16. The number of hydrogen-bond donors (Lipinski definition) is 0. The highest BCUT2D eigenvalue weighted by atomic mass is 79.9. The molecule has 0 aromatic heterocycles. The van der Waals surface area contributed by atoms with Gasteiger partial charge in [0.1, 0.15) is 0 Å². The summed E-state index contributed by atoms with van der Waals surface area (Å²) in [6, 6.07) is 21.4. The molecule has 0 N–H and O–H groups in total. The summed E-state index contributed by atoms with van der Waals surface area (Å²) in [7, 11) is 0. The van der Waals surface area contributed by atoms with Crippen LogP contribution in [0, 0.1) is 6.92 Å². The molecule has 3 aromatic rings. The average molecular weight is 390 g/mol. The van der Waals surface area contributed by atoms with Crippen molar-refractivity contribution >= 4 is 42.6 Å². The molecule has 0 amide bonds. The van der Waals surface area contributed by atoms with Crippen molar-refractivity contribution in [2.24, 2.45) is 0 Å². The van der Waals surface area contributed by atoms with Gasteiger partial charge in [0.05, 0.1) is 4.83 Å². The lowest BCUT2D eigenvalue weighted by molar-refractivity contribution is 1.15. The van der Waals surface area contributed by atoms with Gasteiger partial charge in [-0.05, 0) is 40.5 Å². The Hall–Kier alpha value is -1.12. The summed E-state index contributed by atoms with van der Waals surface area (Å²) in [4.78, 5) is 0.200. The van der Waals surface area contributed by atoms with Gasteiger partial charge in [0.25, 0.3) is 0 Å². The Morgan fingerprint density at radius 1 is 0.800 bits per heavy atom. The first-order chi connectivity index (χ1) is 9.68. The monoisotopic (exact) mass is 388 g/mol. The van der Waals surface area contributed by atoms with E-state index in [0.717, 1.165) is 4.47 Å². The first kappa shape index (κ1) is 13.8. The van der Waals surface area contributed by atoms with Gasteiger partial charge in [-0.15, -0.1) is 0 Å². The average Bonchev–Trinajstić information content (AvgIpc) is 2.49. The van der Waals surface area contributed by atoms with Crippen molar-refractivity contribution in [3.63, 3.8) is 0 Å². The van der Waals surface area contributed by atoms with Gasteiger partial charge >= 0.3 is 0 Å². The van der Waals surface area contributed by atoms with Crippen molar-refractivity contribution in [2.75, 3.05) is 0 Å². The van der Waals surface area contributed by atoms with Crippen LogP contribution in [0.1, 0.15) is 21.5 Å². The molecule has 0 nitrogen and oxygen atoms in total. The summed E-state index contributed by atoms with van der Waals surface area (Å²) >= 11 is 7.50. The zero-order chi connectivity index (χ0) is 14.1. The predicted octanol–water partition coefficient (Wildman–Crippen LogP) is 6.40. The standard InChI is InChI=1S/C18H14Br2/c1-12-14(9-5-11-17(12)19)18(20)16-10-4-7-13-6-2-3-8-15(13)16/h2-11,18H,1H3. The van der Waals surface area contributed by atoms with Gasteiger partial charge in [-0.1, -0.05) is 86.5 Å². The van der Waals surface area contributed by atoms with Crippen LogP contribution in [-0.2, 0) is 0 Å². The maximum Gasteiger partial charge on any atom is 0.0653 e. The minimum absolute atomic E-state index is 0.200. The lowest BCUT2D eigenvalue weighted by atomic mass is 9.96. The molecule has 0 aliphatic carbocycles. The zero-order valence-electron chi connectivity index (χ0n) is 11.1. The van der Waals surface area contributed by atoms with Crippen molar-refractivity contribution in [1.29, 1.82) is 0 Å². The van der Waals surface area contributed by atoms with Crippen LogP contribution in [0.15, 0.2) is 65.1 Å². The Labute approximate surface area is 136 Å². The van der Waals surface area contributed by atoms with Crippen LogP contribution in [0.3, 0.4) is 0 Å². The fourth-order valence-electron chi connectivity index (χ4n) is 2.54. The van der Waals surface area contributed by atoms with Gasteiger partial charge in [-0.2, -0.15) is 0 Å². The van der Waals surface area contributed by atoms with Crippen molar-refractivity contribution < 1.29 is 0 Å². The fraction of sp³-hybridized carbons (Fsp3) is 0.111. The van der Waals surface area contributed by atoms with E-state index in [-0.39, 0.29) is 4.83 Å². The Balaban J connectivity index is 2.18. The Morgan fingerprint density at radius 2 is 1.45 bits per heavy atom. The van der Waals surface area contributed by atoms with E-state index in [1.807, 2.05) is 0 Å². The fourth-order valence-corrected chi connectivity index (χ4v) is 3.81. The number of benzene rings is 3. The molecular formula is C18H14Br2. The van der Waals surface area contributed by atoms with E-state index >= 15 is 0 Å². The molecule has 2 heteroatoms. The van der Waals surface area contributed by atoms with E-state index < -0.39 is 0 Å². The molecule has 0 spiro atoms. The van der Waals surface area contributed by atoms with Crippen LogP contribution in [0.4, 0.5) is 0 Å².